The predicted octanol–water partition coefficient (Wildman–Crippen LogP) is 2.03. The van der Waals surface area contributed by atoms with Gasteiger partial charge in [0.05, 0.1) is 0 Å². The zero-order valence-corrected chi connectivity index (χ0v) is 7.94. The number of rotatable bonds is 1. The van der Waals surface area contributed by atoms with Crippen molar-refractivity contribution in [3.63, 3.8) is 0 Å². The highest BCUT2D eigenvalue weighted by atomic mass is 19.1. The van der Waals surface area contributed by atoms with E-state index in [9.17, 15) is 8.78 Å². The van der Waals surface area contributed by atoms with Crippen LogP contribution < -0.4 is 5.73 Å². The van der Waals surface area contributed by atoms with Crippen molar-refractivity contribution in [2.45, 2.75) is 19.4 Å². The monoisotopic (exact) mass is 196 g/mol. The average molecular weight is 196 g/mol. The van der Waals surface area contributed by atoms with Gasteiger partial charge in [-0.15, -0.1) is 0 Å². The number of nitriles is 1. The first kappa shape index (κ1) is 10.6. The second kappa shape index (κ2) is 3.35. The van der Waals surface area contributed by atoms with Gasteiger partial charge in [0.15, 0.2) is 0 Å². The van der Waals surface area contributed by atoms with Gasteiger partial charge in [-0.1, -0.05) is 0 Å². The zero-order chi connectivity index (χ0) is 10.9. The fourth-order valence-electron chi connectivity index (χ4n) is 1.05. The van der Waals surface area contributed by atoms with E-state index in [2.05, 4.69) is 0 Å². The van der Waals surface area contributed by atoms with Gasteiger partial charge in [0.25, 0.3) is 0 Å². The summed E-state index contributed by atoms with van der Waals surface area (Å²) in [5, 5.41) is 8.43. The van der Waals surface area contributed by atoms with Gasteiger partial charge in [-0.3, -0.25) is 0 Å². The minimum Gasteiger partial charge on any atom is -0.322 e. The van der Waals surface area contributed by atoms with Crippen molar-refractivity contribution in [1.82, 2.24) is 0 Å². The largest absolute Gasteiger partial charge is 0.322 e. The topological polar surface area (TPSA) is 49.8 Å². The number of hydrogen-bond acceptors (Lipinski definition) is 2. The second-order valence-electron chi connectivity index (χ2n) is 3.65. The summed E-state index contributed by atoms with van der Waals surface area (Å²) in [5.74, 6) is -1.75. The van der Waals surface area contributed by atoms with Gasteiger partial charge in [0, 0.05) is 5.54 Å². The van der Waals surface area contributed by atoms with Crippen LogP contribution in [-0.2, 0) is 5.54 Å². The van der Waals surface area contributed by atoms with Crippen molar-refractivity contribution in [2.75, 3.05) is 0 Å². The summed E-state index contributed by atoms with van der Waals surface area (Å²) in [7, 11) is 0. The highest BCUT2D eigenvalue weighted by Crippen LogP contribution is 2.21. The van der Waals surface area contributed by atoms with Gasteiger partial charge in [-0.05, 0) is 31.5 Å². The van der Waals surface area contributed by atoms with E-state index in [1.165, 1.54) is 6.07 Å². The molecular formula is C10H10F2N2. The standard InChI is InChI=1S/C10H10F2N2/c1-10(2,14)6-3-8(11)7(5-13)9(12)4-6/h3-4H,14H2,1-2H3. The molecule has 0 spiro atoms. The molecule has 4 heteroatoms. The van der Waals surface area contributed by atoms with Gasteiger partial charge in [-0.25, -0.2) is 8.78 Å². The lowest BCUT2D eigenvalue weighted by molar-refractivity contribution is 0.523. The highest BCUT2D eigenvalue weighted by molar-refractivity contribution is 5.37. The Hall–Kier alpha value is -1.47. The number of halogens is 2. The lowest BCUT2D eigenvalue weighted by Gasteiger charge is -2.19. The molecular weight excluding hydrogens is 186 g/mol. The molecule has 74 valence electrons. The lowest BCUT2D eigenvalue weighted by atomic mass is 9.94. The summed E-state index contributed by atoms with van der Waals surface area (Å²) in [4.78, 5) is 0. The molecule has 0 fully saturated rings. The van der Waals surface area contributed by atoms with Crippen molar-refractivity contribution in [2.24, 2.45) is 5.73 Å². The molecule has 0 radical (unpaired) electrons. The van der Waals surface area contributed by atoms with Crippen LogP contribution in [0.3, 0.4) is 0 Å². The Kier molecular flexibility index (Phi) is 2.54. The summed E-state index contributed by atoms with van der Waals surface area (Å²) >= 11 is 0. The van der Waals surface area contributed by atoms with Crippen LogP contribution in [0.5, 0.6) is 0 Å². The fourth-order valence-corrected chi connectivity index (χ4v) is 1.05. The maximum atomic E-state index is 13.1. The van der Waals surface area contributed by atoms with Crippen molar-refractivity contribution in [3.8, 4) is 6.07 Å². The number of benzene rings is 1. The van der Waals surface area contributed by atoms with Gasteiger partial charge in [-0.2, -0.15) is 5.26 Å². The summed E-state index contributed by atoms with van der Waals surface area (Å²) in [6.45, 7) is 3.26. The van der Waals surface area contributed by atoms with E-state index in [-0.39, 0.29) is 0 Å². The van der Waals surface area contributed by atoms with Gasteiger partial charge in [0.1, 0.15) is 23.3 Å². The van der Waals surface area contributed by atoms with E-state index in [1.54, 1.807) is 13.8 Å². The molecule has 0 unspecified atom stereocenters. The normalized spacial score (nSPS) is 11.1. The molecule has 0 aromatic heterocycles. The lowest BCUT2D eigenvalue weighted by Crippen LogP contribution is -2.29. The molecule has 2 nitrogen and oxygen atoms in total. The van der Waals surface area contributed by atoms with Crippen LogP contribution in [0.1, 0.15) is 25.0 Å². The second-order valence-corrected chi connectivity index (χ2v) is 3.65. The van der Waals surface area contributed by atoms with E-state index < -0.39 is 22.7 Å². The summed E-state index contributed by atoms with van der Waals surface area (Å²) in [5.41, 5.74) is 4.60. The van der Waals surface area contributed by atoms with Crippen LogP contribution in [0.4, 0.5) is 8.78 Å². The van der Waals surface area contributed by atoms with E-state index in [0.717, 1.165) is 12.1 Å². The smallest absolute Gasteiger partial charge is 0.144 e. The Bertz CT molecular complexity index is 377. The van der Waals surface area contributed by atoms with E-state index >= 15 is 0 Å². The van der Waals surface area contributed by atoms with E-state index in [0.29, 0.717) is 5.56 Å². The fraction of sp³-hybridized carbons (Fsp3) is 0.300. The molecule has 0 heterocycles. The maximum Gasteiger partial charge on any atom is 0.144 e. The van der Waals surface area contributed by atoms with Crippen molar-refractivity contribution in [3.05, 3.63) is 34.9 Å². The number of nitrogens with zero attached hydrogens (tertiary/aromatic N) is 1. The SMILES string of the molecule is CC(C)(N)c1cc(F)c(C#N)c(F)c1. The minimum absolute atomic E-state index is 0.325. The van der Waals surface area contributed by atoms with Gasteiger partial charge >= 0.3 is 0 Å². The maximum absolute atomic E-state index is 13.1. The molecule has 1 aromatic carbocycles. The first-order valence-electron chi connectivity index (χ1n) is 4.04. The van der Waals surface area contributed by atoms with Crippen molar-refractivity contribution in [1.29, 1.82) is 5.26 Å². The first-order chi connectivity index (χ1) is 6.36. The molecule has 0 saturated carbocycles. The zero-order valence-electron chi connectivity index (χ0n) is 7.94. The van der Waals surface area contributed by atoms with Crippen LogP contribution in [0.15, 0.2) is 12.1 Å². The van der Waals surface area contributed by atoms with Crippen LogP contribution >= 0.6 is 0 Å². The van der Waals surface area contributed by atoms with Crippen LogP contribution in [-0.4, -0.2) is 0 Å². The van der Waals surface area contributed by atoms with Gasteiger partial charge < -0.3 is 5.73 Å². The molecule has 1 aromatic rings. The Balaban J connectivity index is 3.37. The molecule has 0 saturated heterocycles. The third-order valence-electron chi connectivity index (χ3n) is 1.90. The average Bonchev–Trinajstić information content (AvgIpc) is 2.01. The molecule has 0 aliphatic rings. The number of hydrogen-bond donors (Lipinski definition) is 1. The molecule has 0 aliphatic carbocycles. The van der Waals surface area contributed by atoms with E-state index in [1.807, 2.05) is 0 Å². The Morgan fingerprint density at radius 2 is 1.71 bits per heavy atom. The minimum atomic E-state index is -0.874. The van der Waals surface area contributed by atoms with Crippen molar-refractivity contribution >= 4 is 0 Å². The Morgan fingerprint density at radius 3 is 2.00 bits per heavy atom. The highest BCUT2D eigenvalue weighted by Gasteiger charge is 2.19. The molecule has 0 aliphatic heterocycles. The number of nitrogens with two attached hydrogens (primary N) is 1. The molecule has 2 N–H and O–H groups in total. The third-order valence-corrected chi connectivity index (χ3v) is 1.90. The Labute approximate surface area is 81.0 Å². The summed E-state index contributed by atoms with van der Waals surface area (Å²) in [6.07, 6.45) is 0. The molecule has 14 heavy (non-hydrogen) atoms. The first-order valence-corrected chi connectivity index (χ1v) is 4.04. The summed E-state index contributed by atoms with van der Waals surface area (Å²) < 4.78 is 26.2. The third kappa shape index (κ3) is 1.88. The molecule has 0 amide bonds. The van der Waals surface area contributed by atoms with Crippen LogP contribution in [0.25, 0.3) is 0 Å². The van der Waals surface area contributed by atoms with Crippen LogP contribution in [0, 0.1) is 23.0 Å². The van der Waals surface area contributed by atoms with E-state index in [4.69, 9.17) is 11.0 Å². The molecule has 0 atom stereocenters. The predicted molar refractivity (Wildman–Crippen MR) is 48.3 cm³/mol. The van der Waals surface area contributed by atoms with Crippen LogP contribution in [0.2, 0.25) is 0 Å². The van der Waals surface area contributed by atoms with Crippen molar-refractivity contribution < 1.29 is 8.78 Å². The quantitative estimate of drug-likeness (QED) is 0.747. The molecule has 0 bridgehead atoms. The molecule has 1 rings (SSSR count). The van der Waals surface area contributed by atoms with Gasteiger partial charge in [0.2, 0.25) is 0 Å². The summed E-state index contributed by atoms with van der Waals surface area (Å²) in [6, 6.07) is 3.62. The Morgan fingerprint density at radius 1 is 1.29 bits per heavy atom.